The summed E-state index contributed by atoms with van der Waals surface area (Å²) in [5.74, 6) is -2.41. The van der Waals surface area contributed by atoms with Gasteiger partial charge < -0.3 is 25.2 Å². The molecule has 188 valence electrons. The summed E-state index contributed by atoms with van der Waals surface area (Å²) in [5.41, 5.74) is 3.72. The molecule has 0 saturated heterocycles. The van der Waals surface area contributed by atoms with Crippen molar-refractivity contribution in [3.8, 4) is 11.1 Å². The van der Waals surface area contributed by atoms with E-state index in [1.807, 2.05) is 36.4 Å². The third-order valence-electron chi connectivity index (χ3n) is 6.71. The van der Waals surface area contributed by atoms with Gasteiger partial charge in [0.05, 0.1) is 11.5 Å². The van der Waals surface area contributed by atoms with Crippen LogP contribution in [0.25, 0.3) is 11.1 Å². The molecule has 0 aromatic heterocycles. The number of aliphatic carboxylic acids is 1. The van der Waals surface area contributed by atoms with Crippen LogP contribution < -0.4 is 10.6 Å². The van der Waals surface area contributed by atoms with Crippen LogP contribution in [-0.2, 0) is 19.1 Å². The number of fused-ring (bicyclic) bond motifs is 3. The van der Waals surface area contributed by atoms with Crippen molar-refractivity contribution in [2.45, 2.75) is 57.7 Å². The van der Waals surface area contributed by atoms with Crippen LogP contribution in [0.3, 0.4) is 0 Å². The normalized spacial score (nSPS) is 15.3. The van der Waals surface area contributed by atoms with E-state index in [1.54, 1.807) is 20.8 Å². The fourth-order valence-corrected chi connectivity index (χ4v) is 4.23. The average molecular weight is 483 g/mol. The summed E-state index contributed by atoms with van der Waals surface area (Å²) in [7, 11) is 1.53. The molecule has 1 aliphatic carbocycles. The molecule has 3 N–H and O–H groups in total. The number of hydrogen-bond acceptors (Lipinski definition) is 5. The Morgan fingerprint density at radius 2 is 1.51 bits per heavy atom. The number of rotatable bonds is 10. The number of carboxylic acids is 1. The largest absolute Gasteiger partial charge is 0.481 e. The summed E-state index contributed by atoms with van der Waals surface area (Å²) in [5, 5.41) is 14.6. The van der Waals surface area contributed by atoms with Gasteiger partial charge in [-0.2, -0.15) is 0 Å². The first-order valence-corrected chi connectivity index (χ1v) is 11.7. The lowest BCUT2D eigenvalue weighted by Crippen LogP contribution is -2.53. The number of carbonyl (C=O) groups excluding carboxylic acids is 2. The molecule has 35 heavy (non-hydrogen) atoms. The second kappa shape index (κ2) is 10.9. The first kappa shape index (κ1) is 26.2. The van der Waals surface area contributed by atoms with Crippen molar-refractivity contribution in [2.24, 2.45) is 5.92 Å². The quantitative estimate of drug-likeness (QED) is 0.473. The highest BCUT2D eigenvalue weighted by Crippen LogP contribution is 2.44. The Bertz CT molecular complexity index is 1040. The van der Waals surface area contributed by atoms with E-state index in [-0.39, 0.29) is 18.9 Å². The van der Waals surface area contributed by atoms with Crippen LogP contribution in [0.1, 0.15) is 51.2 Å². The van der Waals surface area contributed by atoms with Crippen molar-refractivity contribution in [3.05, 3.63) is 59.7 Å². The molecular formula is C27H34N2O6. The fraction of sp³-hybridized carbons (Fsp3) is 0.444. The molecule has 0 aliphatic heterocycles. The van der Waals surface area contributed by atoms with Crippen molar-refractivity contribution in [2.75, 3.05) is 13.7 Å². The van der Waals surface area contributed by atoms with Crippen molar-refractivity contribution >= 4 is 18.0 Å². The number of amides is 2. The Morgan fingerprint density at radius 3 is 2.03 bits per heavy atom. The number of ether oxygens (including phenoxy) is 2. The van der Waals surface area contributed by atoms with E-state index < -0.39 is 41.6 Å². The number of nitrogens with one attached hydrogen (secondary N) is 2. The second-order valence-electron chi connectivity index (χ2n) is 9.61. The summed E-state index contributed by atoms with van der Waals surface area (Å²) < 4.78 is 11.0. The summed E-state index contributed by atoms with van der Waals surface area (Å²) in [6, 6.07) is 14.5. The minimum atomic E-state index is -1.02. The maximum Gasteiger partial charge on any atom is 0.407 e. The van der Waals surface area contributed by atoms with Crippen LogP contribution >= 0.6 is 0 Å². The predicted octanol–water partition coefficient (Wildman–Crippen LogP) is 3.93. The molecule has 0 heterocycles. The third kappa shape index (κ3) is 6.19. The van der Waals surface area contributed by atoms with E-state index in [2.05, 4.69) is 22.8 Å². The second-order valence-corrected chi connectivity index (χ2v) is 9.61. The Labute approximate surface area is 206 Å². The van der Waals surface area contributed by atoms with Crippen LogP contribution in [0.5, 0.6) is 0 Å². The molecule has 1 aliphatic rings. The lowest BCUT2D eigenvalue weighted by Gasteiger charge is -2.29. The number of carboxylic acid groups (broad SMARTS) is 1. The highest BCUT2D eigenvalue weighted by Gasteiger charge is 2.33. The van der Waals surface area contributed by atoms with Gasteiger partial charge in [0.25, 0.3) is 0 Å². The van der Waals surface area contributed by atoms with E-state index in [4.69, 9.17) is 9.47 Å². The topological polar surface area (TPSA) is 114 Å². The number of methoxy groups -OCH3 is 1. The summed E-state index contributed by atoms with van der Waals surface area (Å²) in [6.45, 7) is 6.85. The van der Waals surface area contributed by atoms with Gasteiger partial charge in [-0.05, 0) is 49.9 Å². The maximum absolute atomic E-state index is 13.0. The summed E-state index contributed by atoms with van der Waals surface area (Å²) >= 11 is 0. The molecule has 3 unspecified atom stereocenters. The van der Waals surface area contributed by atoms with Gasteiger partial charge in [0, 0.05) is 25.5 Å². The number of carbonyl (C=O) groups is 3. The minimum absolute atomic E-state index is 0.104. The van der Waals surface area contributed by atoms with Gasteiger partial charge in [-0.3, -0.25) is 9.59 Å². The molecule has 3 atom stereocenters. The van der Waals surface area contributed by atoms with Gasteiger partial charge in [-0.15, -0.1) is 0 Å². The van der Waals surface area contributed by atoms with E-state index in [0.717, 1.165) is 22.3 Å². The van der Waals surface area contributed by atoms with E-state index >= 15 is 0 Å². The zero-order valence-electron chi connectivity index (χ0n) is 20.8. The van der Waals surface area contributed by atoms with Gasteiger partial charge in [0.15, 0.2) is 0 Å². The molecule has 2 amide bonds. The smallest absolute Gasteiger partial charge is 0.407 e. The standard InChI is InChI=1S/C27H34N2O6/c1-16(25(31)32)17(2)28-24(30)23(14-27(3,4)34-5)29-26(33)35-15-22-20-12-8-6-10-18(20)19-11-7-9-13-21(19)22/h6-13,16-17,22-23H,14-15H2,1-5H3,(H,28,30)(H,29,33)(H,31,32). The molecule has 8 heteroatoms. The molecule has 0 radical (unpaired) electrons. The van der Waals surface area contributed by atoms with Crippen LogP contribution in [0.4, 0.5) is 4.79 Å². The highest BCUT2D eigenvalue weighted by atomic mass is 16.5. The van der Waals surface area contributed by atoms with Gasteiger partial charge >= 0.3 is 12.1 Å². The molecule has 8 nitrogen and oxygen atoms in total. The van der Waals surface area contributed by atoms with Gasteiger partial charge in [0.2, 0.25) is 5.91 Å². The van der Waals surface area contributed by atoms with Gasteiger partial charge in [-0.1, -0.05) is 48.5 Å². The summed E-state index contributed by atoms with van der Waals surface area (Å²) in [6.07, 6.45) is -0.550. The van der Waals surface area contributed by atoms with E-state index in [0.29, 0.717) is 0 Å². The fourth-order valence-electron chi connectivity index (χ4n) is 4.23. The Morgan fingerprint density at radius 1 is 0.971 bits per heavy atom. The number of hydrogen-bond donors (Lipinski definition) is 3. The molecule has 0 bridgehead atoms. The SMILES string of the molecule is COC(C)(C)CC(NC(=O)OCC1c2ccccc2-c2ccccc21)C(=O)NC(C)C(C)C(=O)O. The van der Waals surface area contributed by atoms with E-state index in [9.17, 15) is 19.5 Å². The predicted molar refractivity (Wildman–Crippen MR) is 132 cm³/mol. The maximum atomic E-state index is 13.0. The monoisotopic (exact) mass is 482 g/mol. The average Bonchev–Trinajstić information content (AvgIpc) is 3.15. The number of alkyl carbamates (subject to hydrolysis) is 1. The molecule has 2 aromatic carbocycles. The van der Waals surface area contributed by atoms with Crippen LogP contribution in [-0.4, -0.2) is 54.5 Å². The third-order valence-corrected chi connectivity index (χ3v) is 6.71. The Balaban J connectivity index is 1.70. The van der Waals surface area contributed by atoms with Gasteiger partial charge in [0.1, 0.15) is 12.6 Å². The van der Waals surface area contributed by atoms with E-state index in [1.165, 1.54) is 14.0 Å². The van der Waals surface area contributed by atoms with Crippen molar-refractivity contribution < 1.29 is 29.0 Å². The summed E-state index contributed by atoms with van der Waals surface area (Å²) in [4.78, 5) is 37.0. The zero-order chi connectivity index (χ0) is 25.8. The van der Waals surface area contributed by atoms with Crippen molar-refractivity contribution in [3.63, 3.8) is 0 Å². The Hall–Kier alpha value is -3.39. The molecule has 2 aromatic rings. The molecule has 0 spiro atoms. The molecular weight excluding hydrogens is 448 g/mol. The van der Waals surface area contributed by atoms with Gasteiger partial charge in [-0.25, -0.2) is 4.79 Å². The number of benzene rings is 2. The first-order valence-electron chi connectivity index (χ1n) is 11.7. The van der Waals surface area contributed by atoms with Crippen LogP contribution in [0.2, 0.25) is 0 Å². The highest BCUT2D eigenvalue weighted by molar-refractivity contribution is 5.86. The van der Waals surface area contributed by atoms with Crippen LogP contribution in [0, 0.1) is 5.92 Å². The van der Waals surface area contributed by atoms with Crippen LogP contribution in [0.15, 0.2) is 48.5 Å². The molecule has 0 saturated carbocycles. The lowest BCUT2D eigenvalue weighted by molar-refractivity contribution is -0.142. The minimum Gasteiger partial charge on any atom is -0.481 e. The van der Waals surface area contributed by atoms with Crippen molar-refractivity contribution in [1.82, 2.24) is 10.6 Å². The molecule has 3 rings (SSSR count). The Kier molecular flexibility index (Phi) is 8.17. The lowest BCUT2D eigenvalue weighted by atomic mass is 9.97. The van der Waals surface area contributed by atoms with Crippen molar-refractivity contribution in [1.29, 1.82) is 0 Å². The first-order chi connectivity index (χ1) is 16.5. The zero-order valence-corrected chi connectivity index (χ0v) is 20.8. The molecule has 0 fully saturated rings.